The molecule has 0 heterocycles. The monoisotopic (exact) mass is 316 g/mol. The van der Waals surface area contributed by atoms with Crippen molar-refractivity contribution in [2.75, 3.05) is 11.9 Å². The van der Waals surface area contributed by atoms with Gasteiger partial charge in [-0.05, 0) is 24.2 Å². The molecule has 0 fully saturated rings. The Morgan fingerprint density at radius 3 is 2.59 bits per heavy atom. The Morgan fingerprint density at radius 2 is 1.91 bits per heavy atom. The number of benzene rings is 2. The molecule has 2 rings (SSSR count). The molecule has 2 aromatic carbocycles. The maximum atomic E-state index is 11.7. The number of hydrogen-bond acceptors (Lipinski definition) is 4. The summed E-state index contributed by atoms with van der Waals surface area (Å²) in [5.74, 6) is -0.349. The second-order valence-electron chi connectivity index (χ2n) is 4.55. The van der Waals surface area contributed by atoms with Gasteiger partial charge in [0.15, 0.2) is 5.11 Å². The fourth-order valence-electron chi connectivity index (χ4n) is 1.86. The van der Waals surface area contributed by atoms with Gasteiger partial charge in [-0.3, -0.25) is 10.1 Å². The zero-order valence-electron chi connectivity index (χ0n) is 11.6. The second kappa shape index (κ2) is 7.37. The largest absolute Gasteiger partial charge is 0.871 e. The normalized spacial score (nSPS) is 10.0. The van der Waals surface area contributed by atoms with E-state index < -0.39 is 4.92 Å². The molecular weight excluding hydrogens is 302 g/mol. The average Bonchev–Trinajstić information content (AvgIpc) is 2.50. The smallest absolute Gasteiger partial charge is 0.271 e. The quantitative estimate of drug-likeness (QED) is 0.499. The minimum atomic E-state index is -0.559. The lowest BCUT2D eigenvalue weighted by Gasteiger charge is -2.16. The Morgan fingerprint density at radius 1 is 1.18 bits per heavy atom. The van der Waals surface area contributed by atoms with Crippen molar-refractivity contribution in [3.63, 3.8) is 0 Å². The van der Waals surface area contributed by atoms with Crippen LogP contribution in [0.2, 0.25) is 0 Å². The first kappa shape index (κ1) is 15.7. The van der Waals surface area contributed by atoms with Gasteiger partial charge in [-0.1, -0.05) is 42.1 Å². The van der Waals surface area contributed by atoms with E-state index in [1.165, 1.54) is 12.1 Å². The van der Waals surface area contributed by atoms with Crippen LogP contribution in [0.25, 0.3) is 0 Å². The van der Waals surface area contributed by atoms with E-state index in [0.29, 0.717) is 6.54 Å². The van der Waals surface area contributed by atoms with Crippen molar-refractivity contribution in [1.82, 2.24) is 5.32 Å². The number of nitro benzene ring substituents is 1. The molecule has 0 aliphatic carbocycles. The minimum absolute atomic E-state index is 0.0893. The molecule has 0 saturated heterocycles. The average molecular weight is 316 g/mol. The Bertz CT molecular complexity index is 677. The van der Waals surface area contributed by atoms with Gasteiger partial charge in [-0.2, -0.15) is 0 Å². The molecule has 6 nitrogen and oxygen atoms in total. The van der Waals surface area contributed by atoms with Crippen molar-refractivity contribution in [2.24, 2.45) is 0 Å². The second-order valence-corrected chi connectivity index (χ2v) is 4.96. The van der Waals surface area contributed by atoms with Gasteiger partial charge < -0.3 is 15.7 Å². The number of non-ortho nitro benzene ring substituents is 1. The van der Waals surface area contributed by atoms with E-state index in [-0.39, 0.29) is 22.2 Å². The van der Waals surface area contributed by atoms with Crippen LogP contribution in [0.15, 0.2) is 48.5 Å². The first-order valence-corrected chi connectivity index (χ1v) is 7.01. The zero-order chi connectivity index (χ0) is 15.9. The summed E-state index contributed by atoms with van der Waals surface area (Å²) in [4.78, 5) is 10.1. The van der Waals surface area contributed by atoms with E-state index in [9.17, 15) is 15.2 Å². The Hall–Kier alpha value is -2.67. The highest BCUT2D eigenvalue weighted by Crippen LogP contribution is 2.25. The van der Waals surface area contributed by atoms with Crippen LogP contribution in [-0.2, 0) is 6.42 Å². The lowest BCUT2D eigenvalue weighted by Crippen LogP contribution is -2.30. The summed E-state index contributed by atoms with van der Waals surface area (Å²) in [5.41, 5.74) is 1.10. The highest BCUT2D eigenvalue weighted by Gasteiger charge is 2.07. The SMILES string of the molecule is O=[N+]([O-])c1ccc([O-])c(NC(=S)NCCc2ccccc2)c1. The summed E-state index contributed by atoms with van der Waals surface area (Å²) in [6.07, 6.45) is 0.780. The summed E-state index contributed by atoms with van der Waals surface area (Å²) in [6.45, 7) is 0.596. The van der Waals surface area contributed by atoms with E-state index in [2.05, 4.69) is 10.6 Å². The number of nitrogens with one attached hydrogen (secondary N) is 2. The predicted octanol–water partition coefficient (Wildman–Crippen LogP) is 2.20. The van der Waals surface area contributed by atoms with E-state index in [4.69, 9.17) is 12.2 Å². The summed E-state index contributed by atoms with van der Waals surface area (Å²) in [7, 11) is 0. The molecule has 22 heavy (non-hydrogen) atoms. The van der Waals surface area contributed by atoms with Gasteiger partial charge in [0.2, 0.25) is 0 Å². The number of rotatable bonds is 5. The van der Waals surface area contributed by atoms with Crippen molar-refractivity contribution in [3.8, 4) is 5.75 Å². The number of anilines is 1. The lowest BCUT2D eigenvalue weighted by atomic mass is 10.1. The molecule has 7 heteroatoms. The van der Waals surface area contributed by atoms with E-state index in [1.54, 1.807) is 0 Å². The Labute approximate surface area is 132 Å². The van der Waals surface area contributed by atoms with Crippen molar-refractivity contribution in [2.45, 2.75) is 6.42 Å². The fraction of sp³-hybridized carbons (Fsp3) is 0.133. The Kier molecular flexibility index (Phi) is 5.26. The highest BCUT2D eigenvalue weighted by molar-refractivity contribution is 7.80. The highest BCUT2D eigenvalue weighted by atomic mass is 32.1. The standard InChI is InChI=1S/C15H15N3O3S/c19-14-7-6-12(18(20)21)10-13(14)17-15(22)16-9-8-11-4-2-1-3-5-11/h1-7,10,19H,8-9H2,(H2,16,17,22)/p-1. The van der Waals surface area contributed by atoms with Crippen molar-refractivity contribution in [3.05, 3.63) is 64.2 Å². The van der Waals surface area contributed by atoms with Gasteiger partial charge in [-0.25, -0.2) is 0 Å². The molecule has 0 aliphatic heterocycles. The molecule has 0 bridgehead atoms. The van der Waals surface area contributed by atoms with Gasteiger partial charge in [0.1, 0.15) is 0 Å². The van der Waals surface area contributed by atoms with E-state index in [0.717, 1.165) is 18.1 Å². The molecule has 2 aromatic rings. The van der Waals surface area contributed by atoms with Crippen LogP contribution in [-0.4, -0.2) is 16.6 Å². The molecule has 0 aromatic heterocycles. The molecule has 0 radical (unpaired) electrons. The topological polar surface area (TPSA) is 90.3 Å². The third kappa shape index (κ3) is 4.42. The zero-order valence-corrected chi connectivity index (χ0v) is 12.4. The van der Waals surface area contributed by atoms with Gasteiger partial charge in [0, 0.05) is 24.4 Å². The van der Waals surface area contributed by atoms with Gasteiger partial charge in [0.25, 0.3) is 5.69 Å². The Balaban J connectivity index is 1.89. The first-order valence-electron chi connectivity index (χ1n) is 6.60. The maximum Gasteiger partial charge on any atom is 0.271 e. The van der Waals surface area contributed by atoms with Crippen molar-refractivity contribution >= 4 is 28.7 Å². The molecule has 2 N–H and O–H groups in total. The maximum absolute atomic E-state index is 11.7. The van der Waals surface area contributed by atoms with Crippen LogP contribution in [0.4, 0.5) is 11.4 Å². The third-order valence-electron chi connectivity index (χ3n) is 2.96. The van der Waals surface area contributed by atoms with Crippen LogP contribution in [0, 0.1) is 10.1 Å². The van der Waals surface area contributed by atoms with Gasteiger partial charge >= 0.3 is 0 Å². The number of nitro groups is 1. The summed E-state index contributed by atoms with van der Waals surface area (Å²) in [5, 5.41) is 28.3. The number of nitrogens with zero attached hydrogens (tertiary/aromatic N) is 1. The van der Waals surface area contributed by atoms with Crippen LogP contribution in [0.5, 0.6) is 5.75 Å². The fourth-order valence-corrected chi connectivity index (χ4v) is 2.07. The molecule has 0 aliphatic rings. The molecule has 114 valence electrons. The predicted molar refractivity (Wildman–Crippen MR) is 86.9 cm³/mol. The molecule has 0 saturated carbocycles. The first-order chi connectivity index (χ1) is 10.6. The van der Waals surface area contributed by atoms with Gasteiger partial charge in [0.05, 0.1) is 4.92 Å². The third-order valence-corrected chi connectivity index (χ3v) is 3.21. The van der Waals surface area contributed by atoms with Crippen LogP contribution in [0.3, 0.4) is 0 Å². The van der Waals surface area contributed by atoms with Crippen LogP contribution in [0.1, 0.15) is 5.56 Å². The molecule has 0 unspecified atom stereocenters. The minimum Gasteiger partial charge on any atom is -0.871 e. The number of hydrogen-bond donors (Lipinski definition) is 2. The molecule has 0 spiro atoms. The lowest BCUT2D eigenvalue weighted by molar-refractivity contribution is -0.385. The number of thiocarbonyl (C=S) groups is 1. The molecule has 0 amide bonds. The van der Waals surface area contributed by atoms with Crippen LogP contribution >= 0.6 is 12.2 Å². The molecule has 0 atom stereocenters. The van der Waals surface area contributed by atoms with Gasteiger partial charge in [-0.15, -0.1) is 0 Å². The summed E-state index contributed by atoms with van der Waals surface area (Å²) >= 11 is 5.09. The molecular formula is C15H14N3O3S-. The summed E-state index contributed by atoms with van der Waals surface area (Å²) < 4.78 is 0. The van der Waals surface area contributed by atoms with Crippen molar-refractivity contribution < 1.29 is 10.0 Å². The van der Waals surface area contributed by atoms with E-state index >= 15 is 0 Å². The van der Waals surface area contributed by atoms with E-state index in [1.807, 2.05) is 30.3 Å². The summed E-state index contributed by atoms with van der Waals surface area (Å²) in [6, 6.07) is 13.4. The van der Waals surface area contributed by atoms with Crippen LogP contribution < -0.4 is 15.7 Å². The van der Waals surface area contributed by atoms with Crippen molar-refractivity contribution in [1.29, 1.82) is 0 Å².